The zero-order valence-electron chi connectivity index (χ0n) is 8.82. The number of carboxylic acids is 1. The van der Waals surface area contributed by atoms with Crippen molar-refractivity contribution in [3.05, 3.63) is 29.2 Å². The first-order chi connectivity index (χ1) is 8.50. The average molecular weight is 288 g/mol. The van der Waals surface area contributed by atoms with Crippen LogP contribution in [0.2, 0.25) is 0 Å². The molecule has 0 fully saturated rings. The summed E-state index contributed by atoms with van der Waals surface area (Å²) in [5.41, 5.74) is 1.27. The van der Waals surface area contributed by atoms with Crippen molar-refractivity contribution in [2.45, 2.75) is 10.8 Å². The number of nitrogens with one attached hydrogen (secondary N) is 2. The molecule has 0 spiro atoms. The van der Waals surface area contributed by atoms with Crippen molar-refractivity contribution in [2.24, 2.45) is 0 Å². The number of aromatic nitrogens is 3. The molecule has 0 radical (unpaired) electrons. The predicted molar refractivity (Wildman–Crippen MR) is 61.7 cm³/mol. The van der Waals surface area contributed by atoms with E-state index in [2.05, 4.69) is 19.9 Å². The minimum atomic E-state index is -3.89. The molecule has 0 saturated heterocycles. The Bertz CT molecular complexity index is 646. The number of hydrogen-bond acceptors (Lipinski definition) is 6. The Balaban J connectivity index is 2.20. The first-order valence-corrected chi connectivity index (χ1v) is 7.01. The van der Waals surface area contributed by atoms with E-state index in [9.17, 15) is 13.2 Å². The molecular formula is C8H8N4O4S2. The van der Waals surface area contributed by atoms with Crippen LogP contribution in [-0.2, 0) is 16.6 Å². The highest BCUT2D eigenvalue weighted by Gasteiger charge is 2.25. The van der Waals surface area contributed by atoms with Gasteiger partial charge in [-0.25, -0.2) is 22.9 Å². The molecule has 2 aromatic heterocycles. The summed E-state index contributed by atoms with van der Waals surface area (Å²) in [6, 6.07) is 1.60. The summed E-state index contributed by atoms with van der Waals surface area (Å²) >= 11 is 0.754. The van der Waals surface area contributed by atoms with Gasteiger partial charge in [-0.2, -0.15) is 5.10 Å². The summed E-state index contributed by atoms with van der Waals surface area (Å²) in [7, 11) is -3.89. The Labute approximate surface area is 106 Å². The third-order valence-corrected chi connectivity index (χ3v) is 4.76. The van der Waals surface area contributed by atoms with Crippen molar-refractivity contribution >= 4 is 27.3 Å². The molecule has 96 valence electrons. The fourth-order valence-corrected chi connectivity index (χ4v) is 3.38. The summed E-state index contributed by atoms with van der Waals surface area (Å²) in [4.78, 5) is 14.3. The third-order valence-electron chi connectivity index (χ3n) is 1.99. The van der Waals surface area contributed by atoms with Crippen molar-refractivity contribution in [3.63, 3.8) is 0 Å². The molecular weight excluding hydrogens is 280 g/mol. The average Bonchev–Trinajstić information content (AvgIpc) is 2.98. The number of carboxylic acid groups (broad SMARTS) is 1. The van der Waals surface area contributed by atoms with Gasteiger partial charge >= 0.3 is 5.97 Å². The van der Waals surface area contributed by atoms with E-state index in [0.29, 0.717) is 5.69 Å². The molecule has 2 rings (SSSR count). The van der Waals surface area contributed by atoms with Gasteiger partial charge in [-0.15, -0.1) is 11.3 Å². The molecule has 0 unspecified atom stereocenters. The number of sulfonamides is 1. The first kappa shape index (κ1) is 12.7. The van der Waals surface area contributed by atoms with Crippen molar-refractivity contribution in [1.82, 2.24) is 19.9 Å². The van der Waals surface area contributed by atoms with Gasteiger partial charge in [-0.3, -0.25) is 5.10 Å². The Morgan fingerprint density at radius 2 is 2.33 bits per heavy atom. The molecule has 2 heterocycles. The van der Waals surface area contributed by atoms with Gasteiger partial charge in [0.1, 0.15) is 0 Å². The van der Waals surface area contributed by atoms with Crippen LogP contribution < -0.4 is 4.72 Å². The van der Waals surface area contributed by atoms with E-state index in [0.717, 1.165) is 11.3 Å². The molecule has 18 heavy (non-hydrogen) atoms. The third kappa shape index (κ3) is 2.55. The fraction of sp³-hybridized carbons (Fsp3) is 0.125. The number of nitrogens with zero attached hydrogens (tertiary/aromatic N) is 2. The second kappa shape index (κ2) is 4.84. The van der Waals surface area contributed by atoms with Gasteiger partial charge in [0.25, 0.3) is 10.0 Å². The van der Waals surface area contributed by atoms with E-state index in [1.54, 1.807) is 6.07 Å². The Kier molecular flexibility index (Phi) is 3.41. The van der Waals surface area contributed by atoms with Gasteiger partial charge in [-0.05, 0) is 6.07 Å². The molecule has 0 aliphatic carbocycles. The lowest BCUT2D eigenvalue weighted by molar-refractivity contribution is 0.0687. The maximum Gasteiger partial charge on any atom is 0.356 e. The topological polar surface area (TPSA) is 125 Å². The molecule has 8 nitrogen and oxygen atoms in total. The van der Waals surface area contributed by atoms with Crippen molar-refractivity contribution in [2.75, 3.05) is 0 Å². The summed E-state index contributed by atoms with van der Waals surface area (Å²) in [6.45, 7) is -0.000702. The number of carbonyl (C=O) groups is 1. The lowest BCUT2D eigenvalue weighted by Crippen LogP contribution is -2.24. The highest BCUT2D eigenvalue weighted by Crippen LogP contribution is 2.19. The van der Waals surface area contributed by atoms with Crippen LogP contribution in [0.4, 0.5) is 0 Å². The normalized spacial score (nSPS) is 11.6. The Morgan fingerprint density at radius 3 is 2.94 bits per heavy atom. The van der Waals surface area contributed by atoms with Crippen LogP contribution in [-0.4, -0.2) is 34.7 Å². The standard InChI is InChI=1S/C8H8N4O4S2/c13-7(14)6-8(17-4-9-6)18(15,16)11-3-5-1-2-10-12-5/h1-2,4,11H,3H2,(H,10,12)(H,13,14). The van der Waals surface area contributed by atoms with E-state index in [4.69, 9.17) is 5.11 Å². The quantitative estimate of drug-likeness (QED) is 0.713. The van der Waals surface area contributed by atoms with Crippen molar-refractivity contribution in [3.8, 4) is 0 Å². The molecule has 3 N–H and O–H groups in total. The van der Waals surface area contributed by atoms with Crippen LogP contribution in [0.3, 0.4) is 0 Å². The number of rotatable bonds is 5. The van der Waals surface area contributed by atoms with Gasteiger partial charge < -0.3 is 5.11 Å². The number of H-pyrrole nitrogens is 1. The summed E-state index contributed by atoms with van der Waals surface area (Å²) in [6.07, 6.45) is 1.49. The number of thiazole rings is 1. The van der Waals surface area contributed by atoms with E-state index < -0.39 is 21.7 Å². The molecule has 2 aromatic rings. The molecule has 0 aromatic carbocycles. The van der Waals surface area contributed by atoms with Crippen LogP contribution in [0.1, 0.15) is 16.2 Å². The highest BCUT2D eigenvalue weighted by atomic mass is 32.2. The smallest absolute Gasteiger partial charge is 0.356 e. The van der Waals surface area contributed by atoms with E-state index in [1.165, 1.54) is 11.7 Å². The number of hydrogen-bond donors (Lipinski definition) is 3. The van der Waals surface area contributed by atoms with Crippen LogP contribution in [0, 0.1) is 0 Å². The van der Waals surface area contributed by atoms with Crippen LogP contribution >= 0.6 is 11.3 Å². The number of aromatic carboxylic acids is 1. The highest BCUT2D eigenvalue weighted by molar-refractivity contribution is 7.91. The molecule has 0 bridgehead atoms. The maximum atomic E-state index is 11.9. The second-order valence-corrected chi connectivity index (χ2v) is 6.02. The zero-order chi connectivity index (χ0) is 13.2. The van der Waals surface area contributed by atoms with Gasteiger partial charge in [-0.1, -0.05) is 0 Å². The number of aromatic amines is 1. The van der Waals surface area contributed by atoms with E-state index >= 15 is 0 Å². The molecule has 0 saturated carbocycles. The molecule has 0 aliphatic rings. The fourth-order valence-electron chi connectivity index (χ4n) is 1.19. The van der Waals surface area contributed by atoms with Gasteiger partial charge in [0.15, 0.2) is 9.90 Å². The molecule has 0 aliphatic heterocycles. The van der Waals surface area contributed by atoms with Gasteiger partial charge in [0, 0.05) is 6.20 Å². The monoisotopic (exact) mass is 288 g/mol. The van der Waals surface area contributed by atoms with Crippen molar-refractivity contribution < 1.29 is 18.3 Å². The van der Waals surface area contributed by atoms with E-state index in [-0.39, 0.29) is 10.8 Å². The van der Waals surface area contributed by atoms with Gasteiger partial charge in [0.2, 0.25) is 0 Å². The van der Waals surface area contributed by atoms with Crippen LogP contribution in [0.25, 0.3) is 0 Å². The zero-order valence-corrected chi connectivity index (χ0v) is 10.5. The second-order valence-electron chi connectivity index (χ2n) is 3.20. The van der Waals surface area contributed by atoms with Crippen molar-refractivity contribution in [1.29, 1.82) is 0 Å². The minimum Gasteiger partial charge on any atom is -0.476 e. The SMILES string of the molecule is O=C(O)c1ncsc1S(=O)(=O)NCc1ccn[nH]1. The largest absolute Gasteiger partial charge is 0.476 e. The van der Waals surface area contributed by atoms with Crippen LogP contribution in [0.15, 0.2) is 22.0 Å². The summed E-state index contributed by atoms with van der Waals surface area (Å²) < 4.78 is 25.7. The first-order valence-electron chi connectivity index (χ1n) is 4.65. The lowest BCUT2D eigenvalue weighted by atomic mass is 10.4. The minimum absolute atomic E-state index is 0.000702. The molecule has 0 atom stereocenters. The maximum absolute atomic E-state index is 11.9. The summed E-state index contributed by atoms with van der Waals surface area (Å²) in [5, 5.41) is 15.1. The Hall–Kier alpha value is -1.78. The molecule has 0 amide bonds. The lowest BCUT2D eigenvalue weighted by Gasteiger charge is -2.03. The van der Waals surface area contributed by atoms with Gasteiger partial charge in [0.05, 0.1) is 17.7 Å². The Morgan fingerprint density at radius 1 is 1.56 bits per heavy atom. The van der Waals surface area contributed by atoms with E-state index in [1.807, 2.05) is 0 Å². The van der Waals surface area contributed by atoms with Crippen LogP contribution in [0.5, 0.6) is 0 Å². The molecule has 10 heteroatoms. The predicted octanol–water partition coefficient (Wildman–Crippen LogP) is 0.0429. The summed E-state index contributed by atoms with van der Waals surface area (Å²) in [5.74, 6) is -1.38.